The van der Waals surface area contributed by atoms with Crippen molar-refractivity contribution in [1.29, 1.82) is 0 Å². The van der Waals surface area contributed by atoms with Gasteiger partial charge >= 0.3 is 0 Å². The molecule has 1 heterocycles. The number of hydrogen-bond donors (Lipinski definition) is 2. The summed E-state index contributed by atoms with van der Waals surface area (Å²) in [5.74, 6) is -0.125. The molecule has 0 aliphatic heterocycles. The molecule has 2 rings (SSSR count). The van der Waals surface area contributed by atoms with E-state index in [1.54, 1.807) is 24.5 Å². The summed E-state index contributed by atoms with van der Waals surface area (Å²) in [6.07, 6.45) is 0.594. The zero-order valence-electron chi connectivity index (χ0n) is 14.4. The summed E-state index contributed by atoms with van der Waals surface area (Å²) in [5, 5.41) is 8.30. The number of rotatable bonds is 6. The smallest absolute Gasteiger partial charge is 0.251 e. The maximum atomic E-state index is 12.5. The van der Waals surface area contributed by atoms with Crippen LogP contribution < -0.4 is 10.6 Å². The van der Waals surface area contributed by atoms with E-state index in [4.69, 9.17) is 0 Å². The maximum Gasteiger partial charge on any atom is 0.251 e. The zero-order chi connectivity index (χ0) is 17.7. The molecule has 0 unspecified atom stereocenters. The lowest BCUT2D eigenvalue weighted by molar-refractivity contribution is -0.122. The molecule has 2 amide bonds. The van der Waals surface area contributed by atoms with Crippen LogP contribution in [-0.2, 0) is 4.79 Å². The van der Waals surface area contributed by atoms with Gasteiger partial charge < -0.3 is 10.6 Å². The Balaban J connectivity index is 2.18. The second kappa shape index (κ2) is 8.06. The van der Waals surface area contributed by atoms with Crippen molar-refractivity contribution in [1.82, 2.24) is 15.6 Å². The highest BCUT2D eigenvalue weighted by Crippen LogP contribution is 2.24. The van der Waals surface area contributed by atoms with Crippen molar-refractivity contribution in [2.45, 2.75) is 33.2 Å². The first-order valence-corrected chi connectivity index (χ1v) is 8.83. The summed E-state index contributed by atoms with van der Waals surface area (Å²) >= 11 is 1.55. The lowest BCUT2D eigenvalue weighted by Crippen LogP contribution is -2.46. The molecule has 5 nitrogen and oxygen atoms in total. The minimum Gasteiger partial charge on any atom is -0.357 e. The number of benzene rings is 1. The van der Waals surface area contributed by atoms with Crippen molar-refractivity contribution in [2.75, 3.05) is 7.05 Å². The molecule has 1 aromatic heterocycles. The SMILES string of the molecule is CNC(=O)[C@H](CC(C)C)NC(=O)c1cccc(-c2nc(C)cs2)c1. The topological polar surface area (TPSA) is 71.1 Å². The van der Waals surface area contributed by atoms with Crippen molar-refractivity contribution >= 4 is 23.2 Å². The highest BCUT2D eigenvalue weighted by atomic mass is 32.1. The van der Waals surface area contributed by atoms with E-state index < -0.39 is 6.04 Å². The Hall–Kier alpha value is -2.21. The molecule has 0 aliphatic carbocycles. The van der Waals surface area contributed by atoms with E-state index in [0.717, 1.165) is 16.3 Å². The molecule has 0 spiro atoms. The van der Waals surface area contributed by atoms with E-state index in [1.165, 1.54) is 0 Å². The molecule has 0 bridgehead atoms. The number of aromatic nitrogens is 1. The predicted molar refractivity (Wildman–Crippen MR) is 97.1 cm³/mol. The third-order valence-electron chi connectivity index (χ3n) is 3.57. The van der Waals surface area contributed by atoms with E-state index in [-0.39, 0.29) is 11.8 Å². The van der Waals surface area contributed by atoms with Crippen LogP contribution in [0.4, 0.5) is 0 Å². The van der Waals surface area contributed by atoms with Gasteiger partial charge in [-0.25, -0.2) is 4.98 Å². The monoisotopic (exact) mass is 345 g/mol. The first kappa shape index (κ1) is 18.1. The third-order valence-corrected chi connectivity index (χ3v) is 4.58. The Labute approximate surface area is 146 Å². The van der Waals surface area contributed by atoms with E-state index in [9.17, 15) is 9.59 Å². The summed E-state index contributed by atoms with van der Waals surface area (Å²) in [6.45, 7) is 5.98. The molecular weight excluding hydrogens is 322 g/mol. The van der Waals surface area contributed by atoms with Crippen LogP contribution in [0.5, 0.6) is 0 Å². The first-order valence-electron chi connectivity index (χ1n) is 7.95. The van der Waals surface area contributed by atoms with Gasteiger partial charge in [-0.1, -0.05) is 26.0 Å². The van der Waals surface area contributed by atoms with Crippen molar-refractivity contribution in [3.63, 3.8) is 0 Å². The molecule has 0 saturated heterocycles. The van der Waals surface area contributed by atoms with Gasteiger partial charge in [0, 0.05) is 29.2 Å². The second-order valence-electron chi connectivity index (χ2n) is 6.14. The number of aryl methyl sites for hydroxylation is 1. The van der Waals surface area contributed by atoms with Crippen LogP contribution in [0.1, 0.15) is 36.3 Å². The normalized spacial score (nSPS) is 12.0. The summed E-state index contributed by atoms with van der Waals surface area (Å²) < 4.78 is 0. The minimum atomic E-state index is -0.534. The summed E-state index contributed by atoms with van der Waals surface area (Å²) in [5.41, 5.74) is 2.39. The molecule has 0 radical (unpaired) electrons. The quantitative estimate of drug-likeness (QED) is 0.845. The average Bonchev–Trinajstić information content (AvgIpc) is 2.99. The minimum absolute atomic E-state index is 0.177. The van der Waals surface area contributed by atoms with E-state index >= 15 is 0 Å². The number of carbonyl (C=O) groups excluding carboxylic acids is 2. The van der Waals surface area contributed by atoms with Crippen LogP contribution in [-0.4, -0.2) is 29.9 Å². The van der Waals surface area contributed by atoms with Crippen molar-refractivity contribution in [2.24, 2.45) is 5.92 Å². The number of likely N-dealkylation sites (N-methyl/N-ethyl adjacent to an activating group) is 1. The summed E-state index contributed by atoms with van der Waals surface area (Å²) in [4.78, 5) is 29.0. The summed E-state index contributed by atoms with van der Waals surface area (Å²) in [7, 11) is 1.58. The molecule has 2 aromatic rings. The van der Waals surface area contributed by atoms with Gasteiger partial charge in [0.1, 0.15) is 11.0 Å². The van der Waals surface area contributed by atoms with Crippen molar-refractivity contribution in [3.05, 3.63) is 40.9 Å². The van der Waals surface area contributed by atoms with Crippen LogP contribution in [0.25, 0.3) is 10.6 Å². The van der Waals surface area contributed by atoms with Gasteiger partial charge in [-0.15, -0.1) is 11.3 Å². The number of nitrogens with zero attached hydrogens (tertiary/aromatic N) is 1. The number of carbonyl (C=O) groups is 2. The Morgan fingerprint density at radius 3 is 2.62 bits per heavy atom. The average molecular weight is 345 g/mol. The third kappa shape index (κ3) is 4.64. The van der Waals surface area contributed by atoms with Crippen molar-refractivity contribution < 1.29 is 9.59 Å². The number of nitrogens with one attached hydrogen (secondary N) is 2. The molecule has 0 aliphatic rings. The largest absolute Gasteiger partial charge is 0.357 e. The first-order chi connectivity index (χ1) is 11.4. The van der Waals surface area contributed by atoms with Crippen LogP contribution in [0.3, 0.4) is 0 Å². The molecule has 0 fully saturated rings. The van der Waals surface area contributed by atoms with Gasteiger partial charge in [0.05, 0.1) is 0 Å². The van der Waals surface area contributed by atoms with Crippen LogP contribution >= 0.6 is 11.3 Å². The van der Waals surface area contributed by atoms with Gasteiger partial charge in [-0.2, -0.15) is 0 Å². The molecule has 128 valence electrons. The maximum absolute atomic E-state index is 12.5. The van der Waals surface area contributed by atoms with E-state index in [2.05, 4.69) is 15.6 Å². The molecule has 24 heavy (non-hydrogen) atoms. The molecule has 1 atom stereocenters. The summed E-state index contributed by atoms with van der Waals surface area (Å²) in [6, 6.07) is 6.78. The Morgan fingerprint density at radius 2 is 2.04 bits per heavy atom. The molecular formula is C18H23N3O2S. The molecule has 1 aromatic carbocycles. The second-order valence-corrected chi connectivity index (χ2v) is 7.00. The fraction of sp³-hybridized carbons (Fsp3) is 0.389. The van der Waals surface area contributed by atoms with Crippen LogP contribution in [0.15, 0.2) is 29.6 Å². The standard InChI is InChI=1S/C18H23N3O2S/c1-11(2)8-15(17(23)19-4)21-16(22)13-6-5-7-14(9-13)18-20-12(3)10-24-18/h5-7,9-11,15H,8H2,1-4H3,(H,19,23)(H,21,22)/t15-/m0/s1. The Bertz CT molecular complexity index is 725. The van der Waals surface area contributed by atoms with Crippen molar-refractivity contribution in [3.8, 4) is 10.6 Å². The van der Waals surface area contributed by atoms with E-state index in [0.29, 0.717) is 17.9 Å². The molecule has 0 saturated carbocycles. The predicted octanol–water partition coefficient (Wildman–Crippen LogP) is 3.01. The van der Waals surface area contributed by atoms with Crippen LogP contribution in [0.2, 0.25) is 0 Å². The van der Waals surface area contributed by atoms with Crippen LogP contribution in [0, 0.1) is 12.8 Å². The zero-order valence-corrected chi connectivity index (χ0v) is 15.2. The van der Waals surface area contributed by atoms with Gasteiger partial charge in [0.25, 0.3) is 5.91 Å². The fourth-order valence-corrected chi connectivity index (χ4v) is 3.19. The number of thiazole rings is 1. The Morgan fingerprint density at radius 1 is 1.29 bits per heavy atom. The number of amides is 2. The Kier molecular flexibility index (Phi) is 6.09. The lowest BCUT2D eigenvalue weighted by Gasteiger charge is -2.19. The number of hydrogen-bond acceptors (Lipinski definition) is 4. The highest BCUT2D eigenvalue weighted by Gasteiger charge is 2.21. The van der Waals surface area contributed by atoms with Gasteiger partial charge in [0.2, 0.25) is 5.91 Å². The lowest BCUT2D eigenvalue weighted by atomic mass is 10.0. The van der Waals surface area contributed by atoms with Gasteiger partial charge in [0.15, 0.2) is 0 Å². The molecule has 6 heteroatoms. The van der Waals surface area contributed by atoms with Gasteiger partial charge in [-0.3, -0.25) is 9.59 Å². The molecule has 2 N–H and O–H groups in total. The van der Waals surface area contributed by atoms with Gasteiger partial charge in [-0.05, 0) is 31.4 Å². The fourth-order valence-electron chi connectivity index (χ4n) is 2.40. The highest BCUT2D eigenvalue weighted by molar-refractivity contribution is 7.13. The van der Waals surface area contributed by atoms with E-state index in [1.807, 2.05) is 44.4 Å².